The summed E-state index contributed by atoms with van der Waals surface area (Å²) in [6.45, 7) is 4.71. The Labute approximate surface area is 310 Å². The molecule has 0 unspecified atom stereocenters. The molecule has 10 rings (SSSR count). The van der Waals surface area contributed by atoms with Crippen LogP contribution in [0.25, 0.3) is 60.9 Å². The minimum atomic E-state index is -0.109. The standard InChI is InChI=1S/C51H38N2/c1-51(2)45-24-12-9-20-41(45)42-33-32-39(34-46(42)51)52(37-18-7-4-8-19-37)49-27-15-23-40(35-16-5-3-6-17-35)50(49)36-28-30-38(31-29-36)53-47-25-13-10-21-43(47)44-22-11-14-26-48(44)53/h3-34H,1-2H3. The van der Waals surface area contributed by atoms with Gasteiger partial charge in [-0.1, -0.05) is 153 Å². The van der Waals surface area contributed by atoms with Crippen molar-refractivity contribution in [2.45, 2.75) is 19.3 Å². The Morgan fingerprint density at radius 2 is 1.00 bits per heavy atom. The number of anilines is 3. The maximum absolute atomic E-state index is 2.45. The highest BCUT2D eigenvalue weighted by molar-refractivity contribution is 6.09. The zero-order chi connectivity index (χ0) is 35.5. The highest BCUT2D eigenvalue weighted by Gasteiger charge is 2.36. The van der Waals surface area contributed by atoms with Gasteiger partial charge in [0.25, 0.3) is 0 Å². The molecule has 8 aromatic carbocycles. The van der Waals surface area contributed by atoms with Gasteiger partial charge in [-0.2, -0.15) is 0 Å². The number of benzene rings is 8. The number of rotatable bonds is 6. The smallest absolute Gasteiger partial charge is 0.0546 e. The minimum absolute atomic E-state index is 0.109. The Bertz CT molecular complexity index is 2740. The Hall–Kier alpha value is -6.64. The maximum Gasteiger partial charge on any atom is 0.0546 e. The third kappa shape index (κ3) is 4.94. The van der Waals surface area contributed by atoms with E-state index in [9.17, 15) is 0 Å². The van der Waals surface area contributed by atoms with Crippen molar-refractivity contribution >= 4 is 38.9 Å². The Morgan fingerprint density at radius 3 is 1.72 bits per heavy atom. The van der Waals surface area contributed by atoms with Gasteiger partial charge < -0.3 is 9.47 Å². The van der Waals surface area contributed by atoms with Gasteiger partial charge in [0.05, 0.1) is 16.7 Å². The van der Waals surface area contributed by atoms with Crippen LogP contribution in [0.1, 0.15) is 25.0 Å². The van der Waals surface area contributed by atoms with Gasteiger partial charge in [-0.15, -0.1) is 0 Å². The van der Waals surface area contributed by atoms with Crippen LogP contribution in [0.4, 0.5) is 17.1 Å². The van der Waals surface area contributed by atoms with Crippen LogP contribution < -0.4 is 4.90 Å². The fraction of sp³-hybridized carbons (Fsp3) is 0.0588. The van der Waals surface area contributed by atoms with Crippen LogP contribution in [-0.4, -0.2) is 4.57 Å². The molecule has 0 saturated heterocycles. The van der Waals surface area contributed by atoms with E-state index in [1.807, 2.05) is 0 Å². The topological polar surface area (TPSA) is 8.17 Å². The molecule has 0 amide bonds. The van der Waals surface area contributed by atoms with Crippen LogP contribution >= 0.6 is 0 Å². The molecule has 0 aliphatic heterocycles. The van der Waals surface area contributed by atoms with Gasteiger partial charge in [0, 0.05) is 38.8 Å². The van der Waals surface area contributed by atoms with Crippen molar-refractivity contribution in [3.8, 4) is 39.1 Å². The van der Waals surface area contributed by atoms with E-state index in [0.717, 1.165) is 22.7 Å². The molecule has 0 fully saturated rings. The summed E-state index contributed by atoms with van der Waals surface area (Å²) in [7, 11) is 0. The number of para-hydroxylation sites is 3. The molecule has 2 nitrogen and oxygen atoms in total. The fourth-order valence-corrected chi connectivity index (χ4v) is 8.70. The lowest BCUT2D eigenvalue weighted by molar-refractivity contribution is 0.660. The molecule has 0 spiro atoms. The van der Waals surface area contributed by atoms with Crippen molar-refractivity contribution in [3.05, 3.63) is 205 Å². The summed E-state index contributed by atoms with van der Waals surface area (Å²) in [4.78, 5) is 2.45. The van der Waals surface area contributed by atoms with E-state index in [1.165, 1.54) is 66.3 Å². The lowest BCUT2D eigenvalue weighted by Gasteiger charge is -2.30. The molecule has 0 saturated carbocycles. The summed E-state index contributed by atoms with van der Waals surface area (Å²) in [6, 6.07) is 70.8. The second-order valence-electron chi connectivity index (χ2n) is 14.6. The van der Waals surface area contributed by atoms with E-state index in [-0.39, 0.29) is 5.41 Å². The second kappa shape index (κ2) is 12.3. The van der Waals surface area contributed by atoms with Gasteiger partial charge in [0.2, 0.25) is 0 Å². The molecule has 1 aliphatic rings. The molecule has 0 bridgehead atoms. The molecular weight excluding hydrogens is 641 g/mol. The van der Waals surface area contributed by atoms with Crippen molar-refractivity contribution < 1.29 is 0 Å². The third-order valence-corrected chi connectivity index (χ3v) is 11.2. The van der Waals surface area contributed by atoms with E-state index in [1.54, 1.807) is 0 Å². The predicted octanol–water partition coefficient (Wildman–Crippen LogP) is 13.9. The van der Waals surface area contributed by atoms with E-state index in [2.05, 4.69) is 217 Å². The highest BCUT2D eigenvalue weighted by Crippen LogP contribution is 2.52. The lowest BCUT2D eigenvalue weighted by atomic mass is 9.82. The van der Waals surface area contributed by atoms with Crippen molar-refractivity contribution in [3.63, 3.8) is 0 Å². The first-order chi connectivity index (χ1) is 26.1. The molecule has 1 heterocycles. The average molecular weight is 679 g/mol. The first-order valence-corrected chi connectivity index (χ1v) is 18.4. The molecule has 1 aromatic heterocycles. The minimum Gasteiger partial charge on any atom is -0.310 e. The summed E-state index contributed by atoms with van der Waals surface area (Å²) in [5.41, 5.74) is 17.0. The van der Waals surface area contributed by atoms with Crippen LogP contribution in [0, 0.1) is 0 Å². The Kier molecular flexibility index (Phi) is 7.19. The number of aromatic nitrogens is 1. The zero-order valence-corrected chi connectivity index (χ0v) is 29.9. The first-order valence-electron chi connectivity index (χ1n) is 18.4. The van der Waals surface area contributed by atoms with E-state index < -0.39 is 0 Å². The summed E-state index contributed by atoms with van der Waals surface area (Å²) in [5.74, 6) is 0. The quantitative estimate of drug-likeness (QED) is 0.170. The number of nitrogens with zero attached hydrogens (tertiary/aromatic N) is 2. The predicted molar refractivity (Wildman–Crippen MR) is 224 cm³/mol. The maximum atomic E-state index is 2.45. The fourth-order valence-electron chi connectivity index (χ4n) is 8.70. The highest BCUT2D eigenvalue weighted by atomic mass is 15.1. The van der Waals surface area contributed by atoms with Crippen LogP contribution in [0.15, 0.2) is 194 Å². The van der Waals surface area contributed by atoms with Gasteiger partial charge in [0.1, 0.15) is 0 Å². The summed E-state index contributed by atoms with van der Waals surface area (Å²) in [5, 5.41) is 2.53. The normalized spacial score (nSPS) is 12.9. The van der Waals surface area contributed by atoms with Crippen molar-refractivity contribution in [2.24, 2.45) is 0 Å². The van der Waals surface area contributed by atoms with Crippen molar-refractivity contribution in [1.29, 1.82) is 0 Å². The van der Waals surface area contributed by atoms with E-state index in [0.29, 0.717) is 0 Å². The van der Waals surface area contributed by atoms with Gasteiger partial charge in [-0.3, -0.25) is 0 Å². The van der Waals surface area contributed by atoms with Crippen molar-refractivity contribution in [2.75, 3.05) is 4.90 Å². The molecule has 1 aliphatic carbocycles. The van der Waals surface area contributed by atoms with E-state index in [4.69, 9.17) is 0 Å². The van der Waals surface area contributed by atoms with Gasteiger partial charge in [-0.25, -0.2) is 0 Å². The van der Waals surface area contributed by atoms with Gasteiger partial charge >= 0.3 is 0 Å². The SMILES string of the molecule is CC1(C)c2ccccc2-c2ccc(N(c3ccccc3)c3cccc(-c4ccccc4)c3-c3ccc(-n4c5ccccc5c5ccccc54)cc3)cc21. The third-order valence-electron chi connectivity index (χ3n) is 11.2. The van der Waals surface area contributed by atoms with E-state index >= 15 is 0 Å². The molecule has 0 N–H and O–H groups in total. The molecule has 9 aromatic rings. The van der Waals surface area contributed by atoms with Crippen molar-refractivity contribution in [1.82, 2.24) is 4.57 Å². The number of hydrogen-bond acceptors (Lipinski definition) is 1. The van der Waals surface area contributed by atoms with Crippen LogP contribution in [-0.2, 0) is 5.41 Å². The molecule has 0 atom stereocenters. The Morgan fingerprint density at radius 1 is 0.415 bits per heavy atom. The molecule has 252 valence electrons. The summed E-state index contributed by atoms with van der Waals surface area (Å²) >= 11 is 0. The second-order valence-corrected chi connectivity index (χ2v) is 14.6. The molecule has 53 heavy (non-hydrogen) atoms. The Balaban J connectivity index is 1.19. The molecular formula is C51H38N2. The summed E-state index contributed by atoms with van der Waals surface area (Å²) in [6.07, 6.45) is 0. The van der Waals surface area contributed by atoms with Crippen LogP contribution in [0.3, 0.4) is 0 Å². The zero-order valence-electron chi connectivity index (χ0n) is 29.9. The largest absolute Gasteiger partial charge is 0.310 e. The average Bonchev–Trinajstić information content (AvgIpc) is 3.67. The molecule has 2 heteroatoms. The number of fused-ring (bicyclic) bond motifs is 6. The van der Waals surface area contributed by atoms with Gasteiger partial charge in [-0.05, 0) is 93.5 Å². The monoisotopic (exact) mass is 678 g/mol. The first kappa shape index (κ1) is 31.1. The molecule has 0 radical (unpaired) electrons. The van der Waals surface area contributed by atoms with Crippen LogP contribution in [0.2, 0.25) is 0 Å². The lowest BCUT2D eigenvalue weighted by Crippen LogP contribution is -2.17. The number of hydrogen-bond donors (Lipinski definition) is 0. The summed E-state index contributed by atoms with van der Waals surface area (Å²) < 4.78 is 2.39. The van der Waals surface area contributed by atoms with Gasteiger partial charge in [0.15, 0.2) is 0 Å². The van der Waals surface area contributed by atoms with Crippen LogP contribution in [0.5, 0.6) is 0 Å².